The summed E-state index contributed by atoms with van der Waals surface area (Å²) in [6, 6.07) is 5.38. The summed E-state index contributed by atoms with van der Waals surface area (Å²) in [7, 11) is -5.90. The summed E-state index contributed by atoms with van der Waals surface area (Å²) < 4.78 is 54.3. The fourth-order valence-corrected chi connectivity index (χ4v) is 5.96. The number of nitrogens with zero attached hydrogens (tertiary/aromatic N) is 2. The minimum absolute atomic E-state index is 0.00659. The van der Waals surface area contributed by atoms with Crippen molar-refractivity contribution < 1.29 is 16.8 Å². The van der Waals surface area contributed by atoms with Crippen LogP contribution in [0.5, 0.6) is 0 Å². The molecule has 0 heterocycles. The van der Waals surface area contributed by atoms with Gasteiger partial charge in [0, 0.05) is 13.1 Å². The van der Waals surface area contributed by atoms with Gasteiger partial charge in [-0.2, -0.15) is 8.61 Å². The molecule has 2 rings (SSSR count). The van der Waals surface area contributed by atoms with Gasteiger partial charge in [0.25, 0.3) is 0 Å². The molecule has 0 atom stereocenters. The van der Waals surface area contributed by atoms with E-state index in [1.54, 1.807) is 20.9 Å². The van der Waals surface area contributed by atoms with Gasteiger partial charge in [0.15, 0.2) is 0 Å². The van der Waals surface area contributed by atoms with Gasteiger partial charge < -0.3 is 0 Å². The van der Waals surface area contributed by atoms with Crippen molar-refractivity contribution in [1.82, 2.24) is 8.61 Å². The second-order valence-electron chi connectivity index (χ2n) is 6.91. The molecule has 0 saturated heterocycles. The molecule has 8 heteroatoms. The van der Waals surface area contributed by atoms with Crippen molar-refractivity contribution in [3.05, 3.63) is 24.3 Å². The largest absolute Gasteiger partial charge is 0.244 e. The number of rotatable bonds is 7. The maximum atomic E-state index is 12.9. The highest BCUT2D eigenvalue weighted by molar-refractivity contribution is 7.89. The first-order valence-electron chi connectivity index (χ1n) is 9.62. The monoisotopic (exact) mass is 436 g/mol. The van der Waals surface area contributed by atoms with E-state index in [4.69, 9.17) is 0 Å². The molecule has 0 aromatic heterocycles. The van der Waals surface area contributed by atoms with Crippen LogP contribution in [0.25, 0.3) is 0 Å². The highest BCUT2D eigenvalue weighted by atomic mass is 32.2. The van der Waals surface area contributed by atoms with Gasteiger partial charge in [-0.3, -0.25) is 0 Å². The Kier molecular flexibility index (Phi) is 8.30. The van der Waals surface area contributed by atoms with E-state index in [0.717, 1.165) is 32.1 Å². The van der Waals surface area contributed by atoms with E-state index < -0.39 is 20.0 Å². The number of benzene rings is 1. The summed E-state index contributed by atoms with van der Waals surface area (Å²) in [5.41, 5.74) is 0. The Labute approximate surface area is 175 Å². The van der Waals surface area contributed by atoms with Crippen LogP contribution in [0.1, 0.15) is 46.0 Å². The average Bonchev–Trinajstić information content (AvgIpc) is 2.73. The summed E-state index contributed by atoms with van der Waals surface area (Å²) in [5.74, 6) is 10.9. The summed E-state index contributed by atoms with van der Waals surface area (Å²) in [4.78, 5) is 0.116. The lowest BCUT2D eigenvalue weighted by Crippen LogP contribution is -2.38. The Morgan fingerprint density at radius 1 is 0.828 bits per heavy atom. The summed E-state index contributed by atoms with van der Waals surface area (Å²) >= 11 is 0. The molecular formula is C21H28N2O4S2. The highest BCUT2D eigenvalue weighted by Crippen LogP contribution is 2.27. The summed E-state index contributed by atoms with van der Waals surface area (Å²) in [5, 5.41) is 0. The number of hydrogen-bond donors (Lipinski definition) is 0. The van der Waals surface area contributed by atoms with E-state index >= 15 is 0 Å². The third-order valence-corrected chi connectivity index (χ3v) is 8.82. The van der Waals surface area contributed by atoms with Crippen molar-refractivity contribution >= 4 is 20.0 Å². The molecule has 1 saturated carbocycles. The molecule has 0 bridgehead atoms. The molecule has 1 aliphatic rings. The SMILES string of the molecule is CC#CCN(CC#CC)S(=O)(=O)c1ccc(S(=O)(=O)N(C)C2CCCCC2)cc1. The van der Waals surface area contributed by atoms with Crippen molar-refractivity contribution in [2.75, 3.05) is 20.1 Å². The van der Waals surface area contributed by atoms with Crippen LogP contribution in [0.3, 0.4) is 0 Å². The van der Waals surface area contributed by atoms with Crippen LogP contribution in [-0.4, -0.2) is 51.6 Å². The molecule has 0 aliphatic heterocycles. The summed E-state index contributed by atoms with van der Waals surface area (Å²) in [6.07, 6.45) is 4.90. The zero-order valence-corrected chi connectivity index (χ0v) is 18.8. The normalized spacial score (nSPS) is 15.5. The van der Waals surface area contributed by atoms with Gasteiger partial charge in [-0.1, -0.05) is 31.1 Å². The van der Waals surface area contributed by atoms with Crippen LogP contribution < -0.4 is 0 Å². The van der Waals surface area contributed by atoms with E-state index in [2.05, 4.69) is 23.7 Å². The topological polar surface area (TPSA) is 74.8 Å². The predicted octanol–water partition coefficient (Wildman–Crippen LogP) is 2.68. The Morgan fingerprint density at radius 3 is 1.72 bits per heavy atom. The van der Waals surface area contributed by atoms with Gasteiger partial charge in [0.1, 0.15) is 0 Å². The lowest BCUT2D eigenvalue weighted by Gasteiger charge is -2.30. The van der Waals surface area contributed by atoms with Gasteiger partial charge >= 0.3 is 0 Å². The molecule has 0 unspecified atom stereocenters. The van der Waals surface area contributed by atoms with Gasteiger partial charge in [-0.05, 0) is 51.0 Å². The zero-order chi connectivity index (χ0) is 21.5. The Bertz CT molecular complexity index is 996. The van der Waals surface area contributed by atoms with E-state index in [1.165, 1.54) is 32.9 Å². The summed E-state index contributed by atoms with van der Waals surface area (Å²) in [6.45, 7) is 3.33. The van der Waals surface area contributed by atoms with Crippen LogP contribution in [-0.2, 0) is 20.0 Å². The Morgan fingerprint density at radius 2 is 1.28 bits per heavy atom. The molecule has 1 aromatic carbocycles. The third kappa shape index (κ3) is 5.61. The maximum absolute atomic E-state index is 12.9. The first-order chi connectivity index (χ1) is 13.7. The van der Waals surface area contributed by atoms with E-state index in [-0.39, 0.29) is 28.9 Å². The lowest BCUT2D eigenvalue weighted by atomic mass is 9.96. The van der Waals surface area contributed by atoms with E-state index in [1.807, 2.05) is 0 Å². The second kappa shape index (κ2) is 10.3. The van der Waals surface area contributed by atoms with Gasteiger partial charge in [0.2, 0.25) is 20.0 Å². The fourth-order valence-electron chi connectivity index (χ4n) is 3.30. The van der Waals surface area contributed by atoms with Crippen LogP contribution in [0.4, 0.5) is 0 Å². The molecule has 1 aliphatic carbocycles. The first-order valence-corrected chi connectivity index (χ1v) is 12.5. The minimum atomic E-state index is -3.83. The van der Waals surface area contributed by atoms with Gasteiger partial charge in [-0.25, -0.2) is 16.8 Å². The van der Waals surface area contributed by atoms with Crippen LogP contribution in [0.15, 0.2) is 34.1 Å². The predicted molar refractivity (Wildman–Crippen MR) is 114 cm³/mol. The standard InChI is InChI=1S/C21H28N2O4S2/c1-4-6-17-23(18-7-5-2)29(26,27)21-15-13-20(14-16-21)28(24,25)22(3)19-11-9-8-10-12-19/h13-16,19H,8-12,17-18H2,1-3H3. The first kappa shape index (κ1) is 23.4. The second-order valence-corrected chi connectivity index (χ2v) is 10.8. The van der Waals surface area contributed by atoms with Crippen molar-refractivity contribution in [3.8, 4) is 23.7 Å². The molecule has 0 amide bonds. The molecular weight excluding hydrogens is 408 g/mol. The zero-order valence-electron chi connectivity index (χ0n) is 17.2. The number of hydrogen-bond acceptors (Lipinski definition) is 4. The molecule has 6 nitrogen and oxygen atoms in total. The van der Waals surface area contributed by atoms with Crippen molar-refractivity contribution in [1.29, 1.82) is 0 Å². The van der Waals surface area contributed by atoms with Gasteiger partial charge in [0.05, 0.1) is 22.9 Å². The molecule has 1 aromatic rings. The fraction of sp³-hybridized carbons (Fsp3) is 0.524. The number of sulfonamides is 2. The van der Waals surface area contributed by atoms with E-state index in [9.17, 15) is 16.8 Å². The lowest BCUT2D eigenvalue weighted by molar-refractivity contribution is 0.286. The molecule has 0 radical (unpaired) electrons. The van der Waals surface area contributed by atoms with Crippen molar-refractivity contribution in [3.63, 3.8) is 0 Å². The van der Waals surface area contributed by atoms with E-state index in [0.29, 0.717) is 0 Å². The van der Waals surface area contributed by atoms with Crippen LogP contribution in [0, 0.1) is 23.7 Å². The van der Waals surface area contributed by atoms with Crippen molar-refractivity contribution in [2.45, 2.75) is 61.8 Å². The highest BCUT2D eigenvalue weighted by Gasteiger charge is 2.30. The molecule has 1 fully saturated rings. The molecule has 158 valence electrons. The smallest absolute Gasteiger partial charge is 0.207 e. The average molecular weight is 437 g/mol. The van der Waals surface area contributed by atoms with Crippen molar-refractivity contribution in [2.24, 2.45) is 0 Å². The Hall–Kier alpha value is -1.84. The maximum Gasteiger partial charge on any atom is 0.244 e. The minimum Gasteiger partial charge on any atom is -0.207 e. The van der Waals surface area contributed by atoms with Crippen LogP contribution in [0.2, 0.25) is 0 Å². The molecule has 0 N–H and O–H groups in total. The Balaban J connectivity index is 2.28. The molecule has 0 spiro atoms. The quantitative estimate of drug-likeness (QED) is 0.616. The third-order valence-electron chi connectivity index (χ3n) is 5.09. The van der Waals surface area contributed by atoms with Gasteiger partial charge in [-0.15, -0.1) is 11.8 Å². The molecule has 29 heavy (non-hydrogen) atoms. The van der Waals surface area contributed by atoms with Crippen LogP contribution >= 0.6 is 0 Å².